The normalized spacial score (nSPS) is 14.0. The molecule has 0 saturated carbocycles. The van der Waals surface area contributed by atoms with Gasteiger partial charge in [0.15, 0.2) is 11.5 Å². The average molecular weight is 636 g/mol. The van der Waals surface area contributed by atoms with Gasteiger partial charge >= 0.3 is 6.18 Å². The molecular weight excluding hydrogens is 607 g/mol. The maximum absolute atomic E-state index is 13.6. The zero-order chi connectivity index (χ0) is 31.7. The van der Waals surface area contributed by atoms with Gasteiger partial charge in [0.05, 0.1) is 36.7 Å². The van der Waals surface area contributed by atoms with Crippen molar-refractivity contribution in [2.45, 2.75) is 6.18 Å². The predicted octanol–water partition coefficient (Wildman–Crippen LogP) is 7.04. The molecule has 8 nitrogen and oxygen atoms in total. The van der Waals surface area contributed by atoms with Crippen molar-refractivity contribution in [2.24, 2.45) is 0 Å². The van der Waals surface area contributed by atoms with Gasteiger partial charge in [-0.3, -0.25) is 14.0 Å². The lowest BCUT2D eigenvalue weighted by Gasteiger charge is -2.30. The van der Waals surface area contributed by atoms with Gasteiger partial charge in [-0.05, 0) is 65.4 Å². The number of amides is 1. The fraction of sp³-hybridized carbons (Fsp3) is 0.212. The van der Waals surface area contributed by atoms with E-state index in [-0.39, 0.29) is 11.3 Å². The Morgan fingerprint density at radius 2 is 1.64 bits per heavy atom. The van der Waals surface area contributed by atoms with Gasteiger partial charge in [0.25, 0.3) is 5.91 Å². The Labute approximate surface area is 259 Å². The topological polar surface area (TPSA) is 90.0 Å². The highest BCUT2D eigenvalue weighted by Crippen LogP contribution is 2.39. The highest BCUT2D eigenvalue weighted by Gasteiger charge is 2.32. The molecule has 6 rings (SSSR count). The van der Waals surface area contributed by atoms with Crippen molar-refractivity contribution >= 4 is 49.8 Å². The van der Waals surface area contributed by atoms with Gasteiger partial charge in [-0.15, -0.1) is 0 Å². The quantitative estimate of drug-likeness (QED) is 0.205. The Bertz CT molecular complexity index is 1940. The molecule has 1 aromatic heterocycles. The number of anilines is 2. The lowest BCUT2D eigenvalue weighted by molar-refractivity contribution is -0.137. The third-order valence-electron chi connectivity index (χ3n) is 7.62. The van der Waals surface area contributed by atoms with Crippen LogP contribution in [0.3, 0.4) is 0 Å². The molecule has 0 aliphatic carbocycles. The van der Waals surface area contributed by atoms with Crippen molar-refractivity contribution in [1.29, 1.82) is 0 Å². The summed E-state index contributed by atoms with van der Waals surface area (Å²) in [6.07, 6.45) is -2.97. The Balaban J connectivity index is 1.31. The molecule has 0 spiro atoms. The van der Waals surface area contributed by atoms with Crippen LogP contribution in [0.5, 0.6) is 23.0 Å². The van der Waals surface area contributed by atoms with Crippen molar-refractivity contribution in [1.82, 2.24) is 4.98 Å². The number of methoxy groups -OCH3 is 2. The Morgan fingerprint density at radius 3 is 2.38 bits per heavy atom. The minimum absolute atomic E-state index is 0.0380. The van der Waals surface area contributed by atoms with Crippen LogP contribution in [0.15, 0.2) is 79.0 Å². The second kappa shape index (κ2) is 12.3. The number of benzene rings is 4. The first-order chi connectivity index (χ1) is 21.6. The number of pyridine rings is 1. The Kier molecular flexibility index (Phi) is 8.24. The number of hydrogen-bond donors (Lipinski definition) is 1. The maximum atomic E-state index is 13.6. The summed E-state index contributed by atoms with van der Waals surface area (Å²) >= 11 is 0. The molecule has 45 heavy (non-hydrogen) atoms. The molecule has 1 amide bonds. The van der Waals surface area contributed by atoms with E-state index in [0.29, 0.717) is 75.0 Å². The van der Waals surface area contributed by atoms with E-state index in [0.717, 1.165) is 12.1 Å². The van der Waals surface area contributed by atoms with Crippen LogP contribution < -0.4 is 24.4 Å². The molecule has 1 saturated heterocycles. The van der Waals surface area contributed by atoms with Crippen LogP contribution in [0.1, 0.15) is 15.9 Å². The number of nitrogens with zero attached hydrogens (tertiary/aromatic N) is 2. The highest BCUT2D eigenvalue weighted by molar-refractivity contribution is 7.85. The molecule has 0 radical (unpaired) electrons. The number of fused-ring (bicyclic) bond motifs is 2. The number of alkyl halides is 3. The number of halogens is 3. The zero-order valence-electron chi connectivity index (χ0n) is 24.3. The largest absolute Gasteiger partial charge is 0.493 e. The van der Waals surface area contributed by atoms with Crippen molar-refractivity contribution in [3.05, 3.63) is 90.1 Å². The molecule has 0 unspecified atom stereocenters. The molecule has 1 aliphatic rings. The van der Waals surface area contributed by atoms with E-state index in [4.69, 9.17) is 14.2 Å². The van der Waals surface area contributed by atoms with Crippen molar-refractivity contribution < 1.29 is 36.4 Å². The fourth-order valence-electron chi connectivity index (χ4n) is 5.34. The third-order valence-corrected chi connectivity index (χ3v) is 8.90. The Hall–Kier alpha value is -4.84. The smallest absolute Gasteiger partial charge is 0.416 e. The summed E-state index contributed by atoms with van der Waals surface area (Å²) < 4.78 is 69.8. The summed E-state index contributed by atoms with van der Waals surface area (Å²) in [6.45, 7) is 0.815. The van der Waals surface area contributed by atoms with Crippen LogP contribution >= 0.6 is 0 Å². The maximum Gasteiger partial charge on any atom is 0.416 e. The van der Waals surface area contributed by atoms with Gasteiger partial charge in [-0.2, -0.15) is 13.2 Å². The van der Waals surface area contributed by atoms with Crippen LogP contribution in [0.25, 0.3) is 21.7 Å². The SMILES string of the molecule is COc1cc2nccc(Oc3ccc4c(C(=O)Nc5cc(C(F)(F)F)ccc5N5CCS(=O)CC5)cccc4c3)c2cc1OC. The van der Waals surface area contributed by atoms with E-state index in [9.17, 15) is 22.2 Å². The number of ether oxygens (including phenoxy) is 3. The second-order valence-corrected chi connectivity index (χ2v) is 12.0. The van der Waals surface area contributed by atoms with Crippen molar-refractivity contribution in [3.63, 3.8) is 0 Å². The van der Waals surface area contributed by atoms with Gasteiger partial charge in [-0.1, -0.05) is 12.1 Å². The monoisotopic (exact) mass is 635 g/mol. The summed E-state index contributed by atoms with van der Waals surface area (Å²) in [7, 11) is 2.12. The van der Waals surface area contributed by atoms with Crippen molar-refractivity contribution in [2.75, 3.05) is 49.0 Å². The molecule has 0 bridgehead atoms. The summed E-state index contributed by atoms with van der Waals surface area (Å²) in [6, 6.07) is 18.9. The fourth-order valence-corrected chi connectivity index (χ4v) is 6.40. The average Bonchev–Trinajstić information content (AvgIpc) is 3.04. The minimum atomic E-state index is -4.59. The molecule has 2 heterocycles. The van der Waals surface area contributed by atoms with E-state index < -0.39 is 28.4 Å². The van der Waals surface area contributed by atoms with Gasteiger partial charge in [-0.25, -0.2) is 0 Å². The standard InChI is InChI=1S/C33H28F3N3O5S/c1-42-30-18-25-26(19-31(30)43-2)37-11-10-29(25)44-22-7-8-23-20(16-22)4-3-5-24(23)32(40)38-27-17-21(33(34,35)36)6-9-28(27)39-12-14-45(41)15-13-39/h3-11,16-19H,12-15H2,1-2H3,(H,38,40). The molecule has 5 aromatic rings. The lowest BCUT2D eigenvalue weighted by Crippen LogP contribution is -2.38. The zero-order valence-corrected chi connectivity index (χ0v) is 25.1. The first-order valence-electron chi connectivity index (χ1n) is 14.0. The van der Waals surface area contributed by atoms with E-state index >= 15 is 0 Å². The van der Waals surface area contributed by atoms with Gasteiger partial charge < -0.3 is 24.4 Å². The van der Waals surface area contributed by atoms with Gasteiger partial charge in [0.1, 0.15) is 11.5 Å². The van der Waals surface area contributed by atoms with E-state index in [1.807, 2.05) is 11.0 Å². The summed E-state index contributed by atoms with van der Waals surface area (Å²) in [4.78, 5) is 19.8. The predicted molar refractivity (Wildman–Crippen MR) is 168 cm³/mol. The van der Waals surface area contributed by atoms with E-state index in [1.165, 1.54) is 6.07 Å². The van der Waals surface area contributed by atoms with Crippen molar-refractivity contribution in [3.8, 4) is 23.0 Å². The molecule has 0 atom stereocenters. The number of rotatable bonds is 7. The first kappa shape index (κ1) is 30.2. The van der Waals surface area contributed by atoms with Crippen LogP contribution in [0.4, 0.5) is 24.5 Å². The molecule has 232 valence electrons. The van der Waals surface area contributed by atoms with Gasteiger partial charge in [0, 0.05) is 58.6 Å². The van der Waals surface area contributed by atoms with E-state index in [2.05, 4.69) is 10.3 Å². The Morgan fingerprint density at radius 1 is 0.889 bits per heavy atom. The molecule has 12 heteroatoms. The molecule has 1 fully saturated rings. The summed E-state index contributed by atoms with van der Waals surface area (Å²) in [5.41, 5.74) is 0.547. The molecule has 1 aliphatic heterocycles. The minimum Gasteiger partial charge on any atom is -0.493 e. The first-order valence-corrected chi connectivity index (χ1v) is 15.5. The van der Waals surface area contributed by atoms with Crippen LogP contribution in [0, 0.1) is 0 Å². The molecule has 1 N–H and O–H groups in total. The van der Waals surface area contributed by atoms with Gasteiger partial charge in [0.2, 0.25) is 0 Å². The summed E-state index contributed by atoms with van der Waals surface area (Å²) in [5.74, 6) is 2.35. The van der Waals surface area contributed by atoms with Crippen LogP contribution in [-0.4, -0.2) is 53.9 Å². The number of hydrogen-bond acceptors (Lipinski definition) is 7. The van der Waals surface area contributed by atoms with Crippen LogP contribution in [-0.2, 0) is 17.0 Å². The second-order valence-electron chi connectivity index (χ2n) is 10.3. The number of aromatic nitrogens is 1. The highest BCUT2D eigenvalue weighted by atomic mass is 32.2. The van der Waals surface area contributed by atoms with Crippen LogP contribution in [0.2, 0.25) is 0 Å². The molecule has 4 aromatic carbocycles. The number of nitrogens with one attached hydrogen (secondary N) is 1. The van der Waals surface area contributed by atoms with E-state index in [1.54, 1.807) is 68.9 Å². The number of carbonyl (C=O) groups is 1. The molecular formula is C33H28F3N3O5S. The third kappa shape index (κ3) is 6.23. The summed E-state index contributed by atoms with van der Waals surface area (Å²) in [5, 5.41) is 4.71. The number of carbonyl (C=O) groups excluding carboxylic acids is 1. The lowest BCUT2D eigenvalue weighted by atomic mass is 10.0.